The van der Waals surface area contributed by atoms with Crippen LogP contribution in [0.4, 0.5) is 13.2 Å². The zero-order valence-electron chi connectivity index (χ0n) is 15.7. The zero-order valence-corrected chi connectivity index (χ0v) is 16.5. The Labute approximate surface area is 158 Å². The number of rotatable bonds is 8. The molecule has 0 aliphatic rings. The maximum Gasteiger partial charge on any atom is 0.485 e. The maximum absolute atomic E-state index is 10.7. The van der Waals surface area contributed by atoms with Gasteiger partial charge in [-0.15, -0.1) is 0 Å². The molecule has 0 saturated heterocycles. The van der Waals surface area contributed by atoms with E-state index < -0.39 is 15.6 Å². The Hall–Kier alpha value is -1.61. The molecule has 2 aromatic rings. The molecule has 1 heterocycles. The van der Waals surface area contributed by atoms with Crippen LogP contribution in [0.25, 0.3) is 11.0 Å². The number of halogens is 3. The number of fused-ring (bicyclic) bond motifs is 1. The summed E-state index contributed by atoms with van der Waals surface area (Å²) in [6, 6.07) is 8.79. The van der Waals surface area contributed by atoms with E-state index in [0.29, 0.717) is 0 Å². The first-order valence-corrected chi connectivity index (χ1v) is 10.5. The lowest BCUT2D eigenvalue weighted by atomic mass is 10.2. The number of unbranched alkanes of at least 4 members (excludes halogenated alkanes) is 4. The molecule has 1 aromatic carbocycles. The van der Waals surface area contributed by atoms with Crippen LogP contribution >= 0.6 is 0 Å². The number of alkyl halides is 3. The standard InChI is InChI=1S/C17H27N2.CHF3O3S/c1-3-5-9-13-18-15-19(14-10-6-4-2)17-12-8-7-11-16(17)18;2-1(3,4)8(5,6)7/h7-8,11-12,15H,3-6,9-10,13-14H2,1-2H3;(H,5,6,7)/q+1;/p-1. The fraction of sp³-hybridized carbons (Fsp3) is 0.611. The molecule has 0 amide bonds. The highest BCUT2D eigenvalue weighted by Gasteiger charge is 2.36. The molecule has 2 rings (SSSR count). The van der Waals surface area contributed by atoms with Crippen LogP contribution in [-0.4, -0.2) is 23.0 Å². The number of hydrogen-bond donors (Lipinski definition) is 0. The van der Waals surface area contributed by atoms with Crippen molar-refractivity contribution in [3.8, 4) is 0 Å². The first-order valence-electron chi connectivity index (χ1n) is 9.11. The molecule has 1 aromatic heterocycles. The minimum atomic E-state index is -6.09. The van der Waals surface area contributed by atoms with E-state index in [1.54, 1.807) is 0 Å². The Morgan fingerprint density at radius 3 is 2.15 bits per heavy atom. The molecule has 0 unspecified atom stereocenters. The molecular weight excluding hydrogens is 381 g/mol. The van der Waals surface area contributed by atoms with Gasteiger partial charge in [-0.05, 0) is 37.8 Å². The van der Waals surface area contributed by atoms with Crippen molar-refractivity contribution < 1.29 is 30.7 Å². The van der Waals surface area contributed by atoms with Gasteiger partial charge in [0.05, 0.1) is 13.1 Å². The van der Waals surface area contributed by atoms with Gasteiger partial charge in [0.1, 0.15) is 0 Å². The molecule has 0 atom stereocenters. The third-order valence-corrected chi connectivity index (χ3v) is 4.63. The number of benzene rings is 1. The quantitative estimate of drug-likeness (QED) is 0.282. The lowest BCUT2D eigenvalue weighted by molar-refractivity contribution is -0.672. The summed E-state index contributed by atoms with van der Waals surface area (Å²) in [4.78, 5) is 0. The SMILES string of the molecule is CCCCCn1c[n+](CCCCC)c2ccccc21.O=S(=O)([O-])C(F)(F)F. The summed E-state index contributed by atoms with van der Waals surface area (Å²) in [5.41, 5.74) is -2.88. The van der Waals surface area contributed by atoms with E-state index in [4.69, 9.17) is 13.0 Å². The van der Waals surface area contributed by atoms with Crippen LogP contribution in [0, 0.1) is 0 Å². The van der Waals surface area contributed by atoms with Crippen LogP contribution in [0.3, 0.4) is 0 Å². The van der Waals surface area contributed by atoms with Crippen molar-refractivity contribution in [3.63, 3.8) is 0 Å². The molecule has 0 bridgehead atoms. The van der Waals surface area contributed by atoms with Gasteiger partial charge in [-0.3, -0.25) is 0 Å². The van der Waals surface area contributed by atoms with Gasteiger partial charge < -0.3 is 4.55 Å². The number of imidazole rings is 1. The van der Waals surface area contributed by atoms with Crippen molar-refractivity contribution in [2.45, 2.75) is 71.0 Å². The van der Waals surface area contributed by atoms with Crippen LogP contribution in [0.5, 0.6) is 0 Å². The molecule has 0 fully saturated rings. The van der Waals surface area contributed by atoms with Crippen molar-refractivity contribution in [1.29, 1.82) is 0 Å². The summed E-state index contributed by atoms with van der Waals surface area (Å²) in [5.74, 6) is 0. The van der Waals surface area contributed by atoms with E-state index in [1.807, 2.05) is 0 Å². The average molecular weight is 408 g/mol. The fourth-order valence-electron chi connectivity index (χ4n) is 2.66. The zero-order chi connectivity index (χ0) is 20.5. The Morgan fingerprint density at radius 2 is 1.59 bits per heavy atom. The molecular formula is C18H27F3N2O3S. The number of aryl methyl sites for hydroxylation is 2. The lowest BCUT2D eigenvalue weighted by Gasteiger charge is -2.08. The Morgan fingerprint density at radius 1 is 1.04 bits per heavy atom. The highest BCUT2D eigenvalue weighted by molar-refractivity contribution is 7.86. The normalized spacial score (nSPS) is 12.1. The van der Waals surface area contributed by atoms with E-state index in [2.05, 4.69) is 53.6 Å². The van der Waals surface area contributed by atoms with Crippen LogP contribution < -0.4 is 4.57 Å². The second-order valence-electron chi connectivity index (χ2n) is 6.31. The summed E-state index contributed by atoms with van der Waals surface area (Å²) in [5, 5.41) is 0. The summed E-state index contributed by atoms with van der Waals surface area (Å²) in [6.07, 6.45) is 10.1. The third kappa shape index (κ3) is 7.50. The lowest BCUT2D eigenvalue weighted by Crippen LogP contribution is -2.32. The summed E-state index contributed by atoms with van der Waals surface area (Å²) < 4.78 is 63.8. The molecule has 5 nitrogen and oxygen atoms in total. The van der Waals surface area contributed by atoms with Gasteiger partial charge in [-0.25, -0.2) is 17.6 Å². The number of nitrogens with zero attached hydrogens (tertiary/aromatic N) is 2. The van der Waals surface area contributed by atoms with Gasteiger partial charge in [-0.1, -0.05) is 38.8 Å². The Kier molecular flexibility index (Phi) is 9.25. The highest BCUT2D eigenvalue weighted by Crippen LogP contribution is 2.20. The average Bonchev–Trinajstić information content (AvgIpc) is 2.93. The van der Waals surface area contributed by atoms with Crippen LogP contribution in [0.2, 0.25) is 0 Å². The first kappa shape index (κ1) is 23.4. The van der Waals surface area contributed by atoms with Crippen LogP contribution in [0.1, 0.15) is 52.4 Å². The molecule has 0 aliphatic heterocycles. The molecule has 0 aliphatic carbocycles. The van der Waals surface area contributed by atoms with E-state index in [0.717, 1.165) is 13.1 Å². The third-order valence-electron chi connectivity index (χ3n) is 4.07. The minimum absolute atomic E-state index is 1.15. The van der Waals surface area contributed by atoms with Crippen molar-refractivity contribution in [2.75, 3.05) is 0 Å². The largest absolute Gasteiger partial charge is 0.741 e. The Balaban J connectivity index is 0.000000387. The molecule has 0 N–H and O–H groups in total. The van der Waals surface area contributed by atoms with E-state index in [1.165, 1.54) is 49.6 Å². The molecule has 154 valence electrons. The monoisotopic (exact) mass is 408 g/mol. The second kappa shape index (κ2) is 10.7. The number of aromatic nitrogens is 2. The van der Waals surface area contributed by atoms with Gasteiger partial charge >= 0.3 is 5.51 Å². The molecule has 0 saturated carbocycles. The van der Waals surface area contributed by atoms with Crippen LogP contribution in [-0.2, 0) is 23.2 Å². The predicted molar refractivity (Wildman–Crippen MR) is 96.9 cm³/mol. The minimum Gasteiger partial charge on any atom is -0.741 e. The van der Waals surface area contributed by atoms with E-state index in [-0.39, 0.29) is 0 Å². The molecule has 0 spiro atoms. The topological polar surface area (TPSA) is 66.0 Å². The highest BCUT2D eigenvalue weighted by atomic mass is 32.2. The van der Waals surface area contributed by atoms with E-state index >= 15 is 0 Å². The van der Waals surface area contributed by atoms with Gasteiger partial charge in [-0.2, -0.15) is 13.2 Å². The van der Waals surface area contributed by atoms with Crippen molar-refractivity contribution in [3.05, 3.63) is 30.6 Å². The molecule has 9 heteroatoms. The van der Waals surface area contributed by atoms with Crippen molar-refractivity contribution in [2.24, 2.45) is 0 Å². The molecule has 0 radical (unpaired) electrons. The smallest absolute Gasteiger partial charge is 0.485 e. The van der Waals surface area contributed by atoms with Crippen molar-refractivity contribution in [1.82, 2.24) is 4.57 Å². The maximum atomic E-state index is 10.7. The summed E-state index contributed by atoms with van der Waals surface area (Å²) >= 11 is 0. The van der Waals surface area contributed by atoms with Gasteiger partial charge in [0, 0.05) is 0 Å². The Bertz CT molecular complexity index is 758. The van der Waals surface area contributed by atoms with Crippen LogP contribution in [0.15, 0.2) is 30.6 Å². The summed E-state index contributed by atoms with van der Waals surface area (Å²) in [6.45, 7) is 6.82. The fourth-order valence-corrected chi connectivity index (χ4v) is 2.66. The number of hydrogen-bond acceptors (Lipinski definition) is 3. The summed E-state index contributed by atoms with van der Waals surface area (Å²) in [7, 11) is -6.09. The predicted octanol–water partition coefficient (Wildman–Crippen LogP) is 4.36. The van der Waals surface area contributed by atoms with Crippen molar-refractivity contribution >= 4 is 21.2 Å². The molecule has 27 heavy (non-hydrogen) atoms. The van der Waals surface area contributed by atoms with Gasteiger partial charge in [0.15, 0.2) is 21.2 Å². The number of para-hydroxylation sites is 2. The second-order valence-corrected chi connectivity index (χ2v) is 7.68. The first-order chi connectivity index (χ1) is 12.6. The van der Waals surface area contributed by atoms with Gasteiger partial charge in [0.2, 0.25) is 6.33 Å². The van der Waals surface area contributed by atoms with Gasteiger partial charge in [0.25, 0.3) is 0 Å². The van der Waals surface area contributed by atoms with E-state index in [9.17, 15) is 13.2 Å².